The largest absolute Gasteiger partial charge is 0.480 e. The fourth-order valence-corrected chi connectivity index (χ4v) is 21.7. The Morgan fingerprint density at radius 2 is 0.533 bits per heavy atom. The van der Waals surface area contributed by atoms with Crippen molar-refractivity contribution in [2.24, 2.45) is 0 Å². The number of aliphatic hydroxyl groups excluding tert-OH is 7. The first-order valence-electron chi connectivity index (χ1n) is 46.4. The molecule has 13 saturated heterocycles. The van der Waals surface area contributed by atoms with Gasteiger partial charge in [-0.05, 0) is 102 Å². The zero-order chi connectivity index (χ0) is 97.2. The lowest BCUT2D eigenvalue weighted by Crippen LogP contribution is -2.57. The van der Waals surface area contributed by atoms with E-state index in [9.17, 15) is 136 Å². The number of carbonyl (C=O) groups is 21. The third-order valence-electron chi connectivity index (χ3n) is 27.9. The van der Waals surface area contributed by atoms with Gasteiger partial charge in [-0.15, -0.1) is 0 Å². The number of β-amino-alcohol motifs (C(OH)–C–C–N with tert-alkyl or cyclic N) is 7. The van der Waals surface area contributed by atoms with E-state index in [0.717, 1.165) is 35.8 Å². The van der Waals surface area contributed by atoms with E-state index in [1.165, 1.54) is 41.2 Å². The first-order chi connectivity index (χ1) is 64.4. The Kier molecular flexibility index (Phi) is 33.6. The lowest BCUT2D eigenvalue weighted by molar-refractivity contribution is -0.148. The van der Waals surface area contributed by atoms with Gasteiger partial charge in [0.1, 0.15) is 85.1 Å². The number of carboxylic acids is 1. The Bertz CT molecular complexity index is 4570. The van der Waals surface area contributed by atoms with Crippen molar-refractivity contribution in [2.75, 3.05) is 143 Å². The molecule has 0 radical (unpaired) electrons. The summed E-state index contributed by atoms with van der Waals surface area (Å²) in [5.74, 6) is -15.7. The van der Waals surface area contributed by atoms with E-state index in [1.807, 2.05) is 0 Å². The summed E-state index contributed by atoms with van der Waals surface area (Å²) in [7, 11) is 0. The van der Waals surface area contributed by atoms with Gasteiger partial charge in [-0.3, -0.25) is 101 Å². The van der Waals surface area contributed by atoms with Crippen molar-refractivity contribution >= 4 is 136 Å². The average Bonchev–Trinajstić information content (AvgIpc) is 1.69. The van der Waals surface area contributed by atoms with Crippen LogP contribution >= 0.6 is 11.8 Å². The highest BCUT2D eigenvalue weighted by molar-refractivity contribution is 7.98. The number of hydrogen-bond donors (Lipinski definition) is 17. The third-order valence-corrected chi connectivity index (χ3v) is 28.5. The number of amides is 20. The van der Waals surface area contributed by atoms with Crippen molar-refractivity contribution in [2.45, 2.75) is 256 Å². The predicted octanol–water partition coefficient (Wildman–Crippen LogP) is -13.4. The van der Waals surface area contributed by atoms with Gasteiger partial charge in [0.25, 0.3) is 0 Å². The summed E-state index contributed by atoms with van der Waals surface area (Å²) in [6.45, 7) is -5.73. The Balaban J connectivity index is 0.538. The topological polar surface area (TPSA) is 667 Å². The molecular weight excluding hydrogens is 1800 g/mol. The van der Waals surface area contributed by atoms with Gasteiger partial charge in [0.15, 0.2) is 0 Å². The highest BCUT2D eigenvalue weighted by Gasteiger charge is 2.54. The van der Waals surface area contributed by atoms with Crippen LogP contribution in [0.1, 0.15) is 128 Å². The van der Waals surface area contributed by atoms with Crippen LogP contribution in [-0.2, 0) is 101 Å². The second-order valence-corrected chi connectivity index (χ2v) is 38.0. The average molecular weight is 1920 g/mol. The number of nitrogens with zero attached hydrogens (tertiary/aromatic N) is 12. The maximum absolute atomic E-state index is 14.5. The molecule has 0 bridgehead atoms. The maximum atomic E-state index is 14.5. The molecule has 0 unspecified atom stereocenters. The van der Waals surface area contributed by atoms with Gasteiger partial charge in [0.2, 0.25) is 118 Å². The maximum Gasteiger partial charge on any atom is 0.322 e. The number of carbonyl (C=O) groups excluding carboxylic acids is 20. The highest BCUT2D eigenvalue weighted by atomic mass is 32.2. The molecule has 135 heavy (non-hydrogen) atoms. The second kappa shape index (κ2) is 44.8. The highest BCUT2D eigenvalue weighted by Crippen LogP contribution is 2.34. The van der Waals surface area contributed by atoms with Crippen molar-refractivity contribution in [3.8, 4) is 0 Å². The Hall–Kier alpha value is -11.1. The van der Waals surface area contributed by atoms with Crippen molar-refractivity contribution in [3.63, 3.8) is 0 Å². The number of likely N-dealkylation sites (tertiary alicyclic amines) is 12. The monoisotopic (exact) mass is 1920 g/mol. The molecular formula is C84H123N21O29S. The number of carboxylic acid groups (broad SMARTS) is 1. The fraction of sp³-hybridized carbons (Fsp3) is 0.750. The molecule has 0 spiro atoms. The van der Waals surface area contributed by atoms with Gasteiger partial charge >= 0.3 is 5.97 Å². The summed E-state index contributed by atoms with van der Waals surface area (Å²) in [6.07, 6.45) is -4.12. The molecule has 0 aromatic heterocycles. The summed E-state index contributed by atoms with van der Waals surface area (Å²) in [6, 6.07) is -16.4. The Labute approximate surface area is 779 Å². The molecule has 51 heteroatoms. The van der Waals surface area contributed by atoms with E-state index >= 15 is 0 Å². The molecule has 13 aliphatic heterocycles. The summed E-state index contributed by atoms with van der Waals surface area (Å²) in [4.78, 5) is 303. The fourth-order valence-electron chi connectivity index (χ4n) is 21.2. The van der Waals surface area contributed by atoms with Crippen LogP contribution in [0.2, 0.25) is 0 Å². The summed E-state index contributed by atoms with van der Waals surface area (Å²) >= 11 is 1.32. The van der Waals surface area contributed by atoms with Crippen LogP contribution in [-0.4, -0.2) is 494 Å². The van der Waals surface area contributed by atoms with Crippen molar-refractivity contribution in [1.29, 1.82) is 0 Å². The van der Waals surface area contributed by atoms with Crippen LogP contribution in [0.5, 0.6) is 0 Å². The number of thioether (sulfide) groups is 1. The number of nitrogens with one attached hydrogen (secondary N) is 9. The van der Waals surface area contributed by atoms with Gasteiger partial charge < -0.3 is 148 Å². The normalized spacial score (nSPS) is 30.1. The van der Waals surface area contributed by atoms with E-state index in [-0.39, 0.29) is 168 Å². The molecule has 13 heterocycles. The van der Waals surface area contributed by atoms with Gasteiger partial charge in [-0.1, -0.05) is 0 Å². The lowest BCUT2D eigenvalue weighted by atomic mass is 10.1. The van der Waals surface area contributed by atoms with Crippen molar-refractivity contribution in [1.82, 2.24) is 107 Å². The van der Waals surface area contributed by atoms with E-state index in [1.54, 1.807) is 6.26 Å². The minimum Gasteiger partial charge on any atom is -0.480 e. The van der Waals surface area contributed by atoms with Gasteiger partial charge in [0.05, 0.1) is 88.0 Å². The zero-order valence-corrected chi connectivity index (χ0v) is 75.9. The first-order valence-corrected chi connectivity index (χ1v) is 47.8. The summed E-state index contributed by atoms with van der Waals surface area (Å²) in [5, 5.41) is 107. The van der Waals surface area contributed by atoms with E-state index < -0.39 is 291 Å². The standard InChI is InChI=1S/C84H123N21O29S/c1-135-21-14-51(79(129)100-37-44(107)23-58(100)73(123)88-31-66(115)98-20-7-13-56(98)84(134)105-42-49(112)28-63(105)77(127)92-35-70(119)120)93-64(113)29-86-71(121)59-24-45(108)38-101(59)80(130)52-9-3-16-94(52)67(116)32-89-74(124)61-26-47(110)40-103(61)82(132)54-11-5-18-96(54)69(118)34-91-76(126)62-27-48(111)41-104(62)83(133)55-12-6-19-97(55)68(117)33-90-75(125)60-25-46(109)39-102(60)81(131)53-10-4-17-95(53)65(114)30-87-72(122)57-22-43(106)36-99(57)78(128)50-8-2-15-85-50/h43-63,85,106-112H,2-42H2,1H3,(H,86,121)(H,87,122)(H,88,123)(H,89,124)(H,90,125)(H,91,126)(H,92,127)(H,93,113)(H,119,120)/t43-,44-,45-,46-,47-,48-,49-,50+,51+,52+,53+,54+,55+,56+,57+,58+,59+,60+,61+,62+,63+/m1/s1. The lowest BCUT2D eigenvalue weighted by Gasteiger charge is -2.32. The van der Waals surface area contributed by atoms with Gasteiger partial charge in [-0.2, -0.15) is 11.8 Å². The molecule has 13 fully saturated rings. The second-order valence-electron chi connectivity index (χ2n) is 37.0. The molecule has 0 saturated carbocycles. The molecule has 13 rings (SSSR count). The predicted molar refractivity (Wildman–Crippen MR) is 461 cm³/mol. The van der Waals surface area contributed by atoms with Crippen LogP contribution in [0.25, 0.3) is 0 Å². The third kappa shape index (κ3) is 23.4. The zero-order valence-electron chi connectivity index (χ0n) is 75.0. The van der Waals surface area contributed by atoms with Crippen LogP contribution in [0.15, 0.2) is 0 Å². The molecule has 20 amide bonds. The summed E-state index contributed by atoms with van der Waals surface area (Å²) < 4.78 is 0. The Morgan fingerprint density at radius 1 is 0.296 bits per heavy atom. The van der Waals surface area contributed by atoms with Crippen LogP contribution < -0.4 is 47.9 Å². The van der Waals surface area contributed by atoms with Crippen molar-refractivity contribution < 1.29 is 142 Å². The molecule has 0 aromatic carbocycles. The smallest absolute Gasteiger partial charge is 0.322 e. The van der Waals surface area contributed by atoms with Crippen LogP contribution in [0, 0.1) is 0 Å². The van der Waals surface area contributed by atoms with Crippen LogP contribution in [0.4, 0.5) is 0 Å². The minimum atomic E-state index is -1.37. The molecule has 21 atom stereocenters. The molecule has 0 aliphatic carbocycles. The minimum absolute atomic E-state index is 0.00358. The molecule has 17 N–H and O–H groups in total. The quantitative estimate of drug-likeness (QED) is 0.0297. The number of aliphatic hydroxyl groups is 7. The Morgan fingerprint density at radius 3 is 0.778 bits per heavy atom. The SMILES string of the molecule is CSCC[C@H](NC(=O)CNC(=O)[C@@H]1C[C@@H](O)CN1C(=O)[C@@H]1CCCN1C(=O)CNC(=O)[C@@H]1C[C@@H](O)CN1C(=O)[C@@H]1CCCN1C(=O)CNC(=O)[C@@H]1C[C@@H](O)CN1C(=O)[C@@H]1CCCN1C(=O)CNC(=O)[C@@H]1C[C@@H](O)CN1C(=O)[C@@H]1CCCN1C(=O)CNC(=O)[C@@H]1C[C@@H](O)CN1C(=O)[C@@H]1CCCN1)C(=O)N1C[C@H](O)C[C@H]1C(=O)NCC(=O)N1CCC[C@H]1C(=O)N1C[C@H](O)C[C@H]1C(=O)NCC(=O)O. The number of hydrogen-bond acceptors (Lipinski definition) is 30. The van der Waals surface area contributed by atoms with E-state index in [0.29, 0.717) is 50.8 Å². The van der Waals surface area contributed by atoms with E-state index in [2.05, 4.69) is 47.9 Å². The van der Waals surface area contributed by atoms with E-state index in [4.69, 9.17) is 5.11 Å². The van der Waals surface area contributed by atoms with Gasteiger partial charge in [0, 0.05) is 123 Å². The number of rotatable bonds is 32. The van der Waals surface area contributed by atoms with Crippen LogP contribution in [0.3, 0.4) is 0 Å². The van der Waals surface area contributed by atoms with Crippen molar-refractivity contribution in [3.05, 3.63) is 0 Å². The first kappa shape index (κ1) is 101. The molecule has 13 aliphatic rings. The molecule has 50 nitrogen and oxygen atoms in total. The number of aliphatic carboxylic acids is 1. The molecule has 0 aromatic rings. The summed E-state index contributed by atoms with van der Waals surface area (Å²) in [5.41, 5.74) is 0. The van der Waals surface area contributed by atoms with Gasteiger partial charge in [-0.25, -0.2) is 0 Å². The molecule has 744 valence electrons.